The lowest BCUT2D eigenvalue weighted by Crippen LogP contribution is -2.51. The van der Waals surface area contributed by atoms with Gasteiger partial charge in [-0.25, -0.2) is 0 Å². The van der Waals surface area contributed by atoms with Crippen molar-refractivity contribution in [2.45, 2.75) is 104 Å². The molecule has 2 unspecified atom stereocenters. The van der Waals surface area contributed by atoms with E-state index in [-0.39, 0.29) is 6.10 Å². The van der Waals surface area contributed by atoms with E-state index in [1.165, 1.54) is 32.1 Å². The van der Waals surface area contributed by atoms with E-state index < -0.39 is 17.1 Å². The van der Waals surface area contributed by atoms with Crippen molar-refractivity contribution < 1.29 is 13.0 Å². The quantitative estimate of drug-likeness (QED) is 0.184. The van der Waals surface area contributed by atoms with Gasteiger partial charge < -0.3 is 13.0 Å². The Morgan fingerprint density at radius 3 is 1.81 bits per heavy atom. The summed E-state index contributed by atoms with van der Waals surface area (Å²) in [6.07, 6.45) is 12.2. The van der Waals surface area contributed by atoms with Crippen molar-refractivity contribution in [1.29, 1.82) is 0 Å². The van der Waals surface area contributed by atoms with Crippen LogP contribution in [0, 0.1) is 0 Å². The highest BCUT2D eigenvalue weighted by Gasteiger charge is 2.41. The van der Waals surface area contributed by atoms with E-state index in [0.717, 1.165) is 38.7 Å². The Balaban J connectivity index is 4.58. The predicted molar refractivity (Wildman–Crippen MR) is 119 cm³/mol. The molecule has 0 aromatic rings. The van der Waals surface area contributed by atoms with Crippen molar-refractivity contribution in [3.63, 3.8) is 0 Å². The summed E-state index contributed by atoms with van der Waals surface area (Å²) in [6.45, 7) is 19.5. The molecule has 0 saturated carbocycles. The van der Waals surface area contributed by atoms with Gasteiger partial charge in [-0.05, 0) is 32.4 Å². The molecular formula is C21H44O3Si2. The Morgan fingerprint density at radius 1 is 0.769 bits per heavy atom. The molecule has 2 atom stereocenters. The second-order valence-electron chi connectivity index (χ2n) is 7.48. The van der Waals surface area contributed by atoms with Crippen LogP contribution in [-0.2, 0) is 13.0 Å². The zero-order valence-electron chi connectivity index (χ0n) is 18.1. The molecule has 0 aromatic carbocycles. The monoisotopic (exact) mass is 400 g/mol. The third-order valence-electron chi connectivity index (χ3n) is 4.66. The van der Waals surface area contributed by atoms with Crippen molar-refractivity contribution in [2.24, 2.45) is 0 Å². The highest BCUT2D eigenvalue weighted by molar-refractivity contribution is 6.84. The zero-order valence-corrected chi connectivity index (χ0v) is 20.1. The van der Waals surface area contributed by atoms with E-state index in [1.807, 2.05) is 11.4 Å². The fraction of sp³-hybridized carbons (Fsp3) is 0.810. The summed E-state index contributed by atoms with van der Waals surface area (Å²) < 4.78 is 19.1. The van der Waals surface area contributed by atoms with Crippen LogP contribution in [0.3, 0.4) is 0 Å². The minimum atomic E-state index is -2.47. The van der Waals surface area contributed by atoms with Gasteiger partial charge in [-0.1, -0.05) is 77.1 Å². The molecule has 0 radical (unpaired) electrons. The first-order valence-corrected chi connectivity index (χ1v) is 15.5. The van der Waals surface area contributed by atoms with E-state index in [9.17, 15) is 0 Å². The van der Waals surface area contributed by atoms with Crippen LogP contribution < -0.4 is 0 Å². The maximum Gasteiger partial charge on any atom is 0.352 e. The molecule has 0 fully saturated rings. The first-order chi connectivity index (χ1) is 12.4. The minimum absolute atomic E-state index is 0.251. The van der Waals surface area contributed by atoms with Gasteiger partial charge in [-0.15, -0.1) is 13.2 Å². The molecule has 0 saturated heterocycles. The third kappa shape index (κ3) is 11.5. The van der Waals surface area contributed by atoms with Crippen LogP contribution in [0.1, 0.15) is 85.0 Å². The summed E-state index contributed by atoms with van der Waals surface area (Å²) in [5.41, 5.74) is 3.78. The van der Waals surface area contributed by atoms with Gasteiger partial charge in [0.15, 0.2) is 0 Å². The molecule has 0 aromatic heterocycles. The maximum atomic E-state index is 6.49. The first-order valence-electron chi connectivity index (χ1n) is 10.7. The van der Waals surface area contributed by atoms with Crippen molar-refractivity contribution >= 4 is 17.1 Å². The number of hydrogen-bond donors (Lipinski definition) is 0. The molecule has 0 N–H and O–H groups in total. The molecule has 154 valence electrons. The Hall–Kier alpha value is -0.206. The average Bonchev–Trinajstić information content (AvgIpc) is 2.61. The molecule has 0 rings (SSSR count). The van der Waals surface area contributed by atoms with Gasteiger partial charge in [0.05, 0.1) is 0 Å². The van der Waals surface area contributed by atoms with Crippen LogP contribution in [0.5, 0.6) is 0 Å². The van der Waals surface area contributed by atoms with Crippen molar-refractivity contribution in [3.05, 3.63) is 24.6 Å². The lowest BCUT2D eigenvalue weighted by Gasteiger charge is -2.36. The number of unbranched alkanes of at least 4 members (excludes halogenated alkanes) is 5. The molecule has 0 aliphatic carbocycles. The lowest BCUT2D eigenvalue weighted by atomic mass is 10.1. The van der Waals surface area contributed by atoms with E-state index in [4.69, 9.17) is 13.0 Å². The fourth-order valence-electron chi connectivity index (χ4n) is 3.04. The molecule has 0 bridgehead atoms. The van der Waals surface area contributed by atoms with Gasteiger partial charge in [-0.2, -0.15) is 0 Å². The molecule has 26 heavy (non-hydrogen) atoms. The van der Waals surface area contributed by atoms with Gasteiger partial charge >= 0.3 is 17.1 Å². The second-order valence-corrected chi connectivity index (χ2v) is 13.7. The average molecular weight is 401 g/mol. The lowest BCUT2D eigenvalue weighted by molar-refractivity contribution is 0.128. The molecule has 0 aliphatic rings. The van der Waals surface area contributed by atoms with Crippen molar-refractivity contribution in [1.82, 2.24) is 0 Å². The molecule has 0 spiro atoms. The molecule has 5 heteroatoms. The van der Waals surface area contributed by atoms with E-state index in [2.05, 4.69) is 47.0 Å². The van der Waals surface area contributed by atoms with Crippen LogP contribution >= 0.6 is 0 Å². The van der Waals surface area contributed by atoms with Gasteiger partial charge in [0.25, 0.3) is 0 Å². The smallest absolute Gasteiger partial charge is 0.352 e. The van der Waals surface area contributed by atoms with Crippen LogP contribution in [0.2, 0.25) is 13.1 Å². The summed E-state index contributed by atoms with van der Waals surface area (Å²) in [4.78, 5) is 0. The van der Waals surface area contributed by atoms with Crippen molar-refractivity contribution in [2.75, 3.05) is 6.61 Å². The minimum Gasteiger partial charge on any atom is -0.409 e. The SMILES string of the molecule is C=C[Si](C)(OCCCCCCCC)O[Si](C)(C=C)OC(CCC)CCC. The fourth-order valence-corrected chi connectivity index (χ4v) is 9.02. The van der Waals surface area contributed by atoms with Crippen LogP contribution in [0.25, 0.3) is 0 Å². The molecule has 3 nitrogen and oxygen atoms in total. The normalized spacial score (nSPS) is 16.2. The summed E-state index contributed by atoms with van der Waals surface area (Å²) in [5, 5.41) is 0. The third-order valence-corrected chi connectivity index (χ3v) is 11.0. The second kappa shape index (κ2) is 14.8. The Morgan fingerprint density at radius 2 is 1.31 bits per heavy atom. The summed E-state index contributed by atoms with van der Waals surface area (Å²) >= 11 is 0. The summed E-state index contributed by atoms with van der Waals surface area (Å²) in [6, 6.07) is 0. The van der Waals surface area contributed by atoms with Gasteiger partial charge in [0, 0.05) is 12.7 Å². The predicted octanol–water partition coefficient (Wildman–Crippen LogP) is 6.96. The van der Waals surface area contributed by atoms with E-state index >= 15 is 0 Å². The topological polar surface area (TPSA) is 27.7 Å². The highest BCUT2D eigenvalue weighted by atomic mass is 28.5. The molecule has 0 aliphatic heterocycles. The number of hydrogen-bond acceptors (Lipinski definition) is 3. The Bertz CT molecular complexity index is 372. The molecular weight excluding hydrogens is 356 g/mol. The van der Waals surface area contributed by atoms with Gasteiger partial charge in [0.1, 0.15) is 0 Å². The van der Waals surface area contributed by atoms with Crippen molar-refractivity contribution in [3.8, 4) is 0 Å². The zero-order chi connectivity index (χ0) is 19.9. The largest absolute Gasteiger partial charge is 0.409 e. The van der Waals surface area contributed by atoms with Crippen LogP contribution in [0.15, 0.2) is 24.6 Å². The van der Waals surface area contributed by atoms with Gasteiger partial charge in [-0.3, -0.25) is 0 Å². The first kappa shape index (κ1) is 25.8. The Kier molecular flexibility index (Phi) is 14.7. The number of rotatable bonds is 18. The van der Waals surface area contributed by atoms with E-state index in [1.54, 1.807) is 0 Å². The standard InChI is InChI=1S/C21H44O3Si2/c1-8-13-14-15-16-17-20-22-25(6,11-4)24-26(7,12-5)23-21(18-9-2)19-10-3/h11-12,21H,4-5,8-10,13-20H2,1-3,6-7H3. The highest BCUT2D eigenvalue weighted by Crippen LogP contribution is 2.23. The van der Waals surface area contributed by atoms with Crippen LogP contribution in [-0.4, -0.2) is 29.8 Å². The summed E-state index contributed by atoms with van der Waals surface area (Å²) in [7, 11) is -4.91. The molecule has 0 heterocycles. The van der Waals surface area contributed by atoms with Gasteiger partial charge in [0.2, 0.25) is 0 Å². The Labute approximate surface area is 165 Å². The maximum absolute atomic E-state index is 6.49. The van der Waals surface area contributed by atoms with Crippen LogP contribution in [0.4, 0.5) is 0 Å². The molecule has 0 amide bonds. The summed E-state index contributed by atoms with van der Waals surface area (Å²) in [5.74, 6) is 0. The van der Waals surface area contributed by atoms with E-state index in [0.29, 0.717) is 0 Å².